The van der Waals surface area contributed by atoms with Gasteiger partial charge >= 0.3 is 0 Å². The molecule has 84 valence electrons. The molecule has 0 aromatic carbocycles. The highest BCUT2D eigenvalue weighted by molar-refractivity contribution is 5.75. The van der Waals surface area contributed by atoms with Crippen LogP contribution in [0.4, 0.5) is 0 Å². The van der Waals surface area contributed by atoms with Gasteiger partial charge in [-0.3, -0.25) is 4.79 Å². The molecule has 0 bridgehead atoms. The molecule has 0 aliphatic carbocycles. The third-order valence-corrected chi connectivity index (χ3v) is 2.18. The van der Waals surface area contributed by atoms with Gasteiger partial charge in [-0.05, 0) is 13.1 Å². The first-order valence-electron chi connectivity index (χ1n) is 5.22. The SMILES string of the molecule is CCN(CC)CCC(=O)NCCOC. The quantitative estimate of drug-likeness (QED) is 0.582. The minimum absolute atomic E-state index is 0.106. The average Bonchev–Trinajstić information content (AvgIpc) is 2.20. The number of carbonyl (C=O) groups is 1. The van der Waals surface area contributed by atoms with E-state index in [4.69, 9.17) is 4.74 Å². The van der Waals surface area contributed by atoms with Crippen LogP contribution < -0.4 is 5.32 Å². The average molecular weight is 202 g/mol. The molecule has 0 aliphatic rings. The van der Waals surface area contributed by atoms with Gasteiger partial charge in [-0.15, -0.1) is 0 Å². The maximum atomic E-state index is 11.3. The fourth-order valence-electron chi connectivity index (χ4n) is 1.18. The highest BCUT2D eigenvalue weighted by Gasteiger charge is 2.03. The van der Waals surface area contributed by atoms with Gasteiger partial charge < -0.3 is 15.0 Å². The molecule has 0 radical (unpaired) electrons. The third-order valence-electron chi connectivity index (χ3n) is 2.18. The second-order valence-electron chi connectivity index (χ2n) is 3.12. The van der Waals surface area contributed by atoms with Crippen molar-refractivity contribution in [3.63, 3.8) is 0 Å². The molecule has 0 atom stereocenters. The lowest BCUT2D eigenvalue weighted by Gasteiger charge is -2.17. The van der Waals surface area contributed by atoms with Crippen LogP contribution in [-0.4, -0.2) is 50.7 Å². The van der Waals surface area contributed by atoms with Crippen molar-refractivity contribution < 1.29 is 9.53 Å². The molecule has 0 saturated heterocycles. The molecule has 0 aromatic rings. The molecule has 0 spiro atoms. The number of methoxy groups -OCH3 is 1. The second-order valence-corrected chi connectivity index (χ2v) is 3.12. The van der Waals surface area contributed by atoms with Gasteiger partial charge in [-0.25, -0.2) is 0 Å². The predicted octanol–water partition coefficient (Wildman–Crippen LogP) is 0.481. The summed E-state index contributed by atoms with van der Waals surface area (Å²) in [6, 6.07) is 0. The van der Waals surface area contributed by atoms with Crippen molar-refractivity contribution in [3.8, 4) is 0 Å². The molecule has 0 aromatic heterocycles. The van der Waals surface area contributed by atoms with Gasteiger partial charge in [0.05, 0.1) is 6.61 Å². The van der Waals surface area contributed by atoms with Crippen LogP contribution in [0.2, 0.25) is 0 Å². The van der Waals surface area contributed by atoms with E-state index < -0.39 is 0 Å². The molecule has 1 N–H and O–H groups in total. The number of amides is 1. The van der Waals surface area contributed by atoms with E-state index in [1.54, 1.807) is 7.11 Å². The van der Waals surface area contributed by atoms with E-state index in [2.05, 4.69) is 24.1 Å². The lowest BCUT2D eigenvalue weighted by molar-refractivity contribution is -0.121. The Morgan fingerprint density at radius 2 is 2.00 bits per heavy atom. The summed E-state index contributed by atoms with van der Waals surface area (Å²) in [5.41, 5.74) is 0. The highest BCUT2D eigenvalue weighted by atomic mass is 16.5. The Balaban J connectivity index is 3.42. The zero-order chi connectivity index (χ0) is 10.8. The number of ether oxygens (including phenoxy) is 1. The van der Waals surface area contributed by atoms with Gasteiger partial charge in [0, 0.05) is 26.6 Å². The first kappa shape index (κ1) is 13.4. The second kappa shape index (κ2) is 8.97. The summed E-state index contributed by atoms with van der Waals surface area (Å²) in [5, 5.41) is 2.80. The van der Waals surface area contributed by atoms with Gasteiger partial charge in [0.25, 0.3) is 0 Å². The number of hydrogen-bond donors (Lipinski definition) is 1. The van der Waals surface area contributed by atoms with Crippen LogP contribution in [0.15, 0.2) is 0 Å². The Morgan fingerprint density at radius 3 is 2.50 bits per heavy atom. The van der Waals surface area contributed by atoms with Crippen molar-refractivity contribution in [2.45, 2.75) is 20.3 Å². The fourth-order valence-corrected chi connectivity index (χ4v) is 1.18. The van der Waals surface area contributed by atoms with E-state index >= 15 is 0 Å². The smallest absolute Gasteiger partial charge is 0.221 e. The summed E-state index contributed by atoms with van der Waals surface area (Å²) in [6.45, 7) is 8.23. The van der Waals surface area contributed by atoms with Gasteiger partial charge in [0.2, 0.25) is 5.91 Å². The van der Waals surface area contributed by atoms with Gasteiger partial charge in [0.15, 0.2) is 0 Å². The summed E-state index contributed by atoms with van der Waals surface area (Å²) >= 11 is 0. The fraction of sp³-hybridized carbons (Fsp3) is 0.900. The number of nitrogens with one attached hydrogen (secondary N) is 1. The molecule has 0 aliphatic heterocycles. The largest absolute Gasteiger partial charge is 0.383 e. The van der Waals surface area contributed by atoms with Crippen molar-refractivity contribution in [1.29, 1.82) is 0 Å². The van der Waals surface area contributed by atoms with Crippen molar-refractivity contribution in [3.05, 3.63) is 0 Å². The van der Waals surface area contributed by atoms with Gasteiger partial charge in [-0.2, -0.15) is 0 Å². The van der Waals surface area contributed by atoms with Crippen molar-refractivity contribution >= 4 is 5.91 Å². The minimum Gasteiger partial charge on any atom is -0.383 e. The first-order valence-corrected chi connectivity index (χ1v) is 5.22. The topological polar surface area (TPSA) is 41.6 Å². The molecule has 0 saturated carbocycles. The van der Waals surface area contributed by atoms with Crippen LogP contribution in [0.1, 0.15) is 20.3 Å². The summed E-state index contributed by atoms with van der Waals surface area (Å²) in [4.78, 5) is 13.5. The van der Waals surface area contributed by atoms with E-state index in [0.29, 0.717) is 19.6 Å². The van der Waals surface area contributed by atoms with Crippen molar-refractivity contribution in [1.82, 2.24) is 10.2 Å². The molecule has 0 unspecified atom stereocenters. The predicted molar refractivity (Wildman–Crippen MR) is 57.3 cm³/mol. The molecule has 4 nitrogen and oxygen atoms in total. The maximum absolute atomic E-state index is 11.3. The van der Waals surface area contributed by atoms with E-state index in [1.807, 2.05) is 0 Å². The minimum atomic E-state index is 0.106. The zero-order valence-electron chi connectivity index (χ0n) is 9.51. The number of rotatable bonds is 8. The lowest BCUT2D eigenvalue weighted by atomic mass is 10.3. The van der Waals surface area contributed by atoms with Crippen LogP contribution in [0.3, 0.4) is 0 Å². The molecule has 0 rings (SSSR count). The van der Waals surface area contributed by atoms with Crippen LogP contribution >= 0.6 is 0 Å². The zero-order valence-corrected chi connectivity index (χ0v) is 9.51. The molecule has 4 heteroatoms. The standard InChI is InChI=1S/C10H22N2O2/c1-4-12(5-2)8-6-10(13)11-7-9-14-3/h4-9H2,1-3H3,(H,11,13). The van der Waals surface area contributed by atoms with E-state index in [1.165, 1.54) is 0 Å². The van der Waals surface area contributed by atoms with E-state index in [0.717, 1.165) is 19.6 Å². The summed E-state index contributed by atoms with van der Waals surface area (Å²) < 4.78 is 4.84. The molecule has 0 fully saturated rings. The van der Waals surface area contributed by atoms with Crippen LogP contribution in [0.5, 0.6) is 0 Å². The highest BCUT2D eigenvalue weighted by Crippen LogP contribution is 1.90. The van der Waals surface area contributed by atoms with E-state index in [9.17, 15) is 4.79 Å². The Morgan fingerprint density at radius 1 is 1.36 bits per heavy atom. The summed E-state index contributed by atoms with van der Waals surface area (Å²) in [7, 11) is 1.63. The normalized spacial score (nSPS) is 10.6. The maximum Gasteiger partial charge on any atom is 0.221 e. The van der Waals surface area contributed by atoms with Crippen LogP contribution in [0.25, 0.3) is 0 Å². The van der Waals surface area contributed by atoms with Crippen LogP contribution in [0, 0.1) is 0 Å². The Kier molecular flexibility index (Phi) is 8.57. The first-order chi connectivity index (χ1) is 6.74. The monoisotopic (exact) mass is 202 g/mol. The molecular formula is C10H22N2O2. The van der Waals surface area contributed by atoms with Gasteiger partial charge in [-0.1, -0.05) is 13.8 Å². The van der Waals surface area contributed by atoms with Crippen molar-refractivity contribution in [2.75, 3.05) is 39.9 Å². The Labute approximate surface area is 86.6 Å². The third kappa shape index (κ3) is 6.86. The lowest BCUT2D eigenvalue weighted by Crippen LogP contribution is -2.32. The molecule has 1 amide bonds. The number of hydrogen-bond acceptors (Lipinski definition) is 3. The Bertz CT molecular complexity index is 147. The Hall–Kier alpha value is -0.610. The van der Waals surface area contributed by atoms with Crippen LogP contribution in [-0.2, 0) is 9.53 Å². The van der Waals surface area contributed by atoms with Crippen molar-refractivity contribution in [2.24, 2.45) is 0 Å². The molecule has 14 heavy (non-hydrogen) atoms. The number of carbonyl (C=O) groups excluding carboxylic acids is 1. The molecule has 0 heterocycles. The number of nitrogens with zero attached hydrogens (tertiary/aromatic N) is 1. The summed E-state index contributed by atoms with van der Waals surface area (Å²) in [5.74, 6) is 0.106. The summed E-state index contributed by atoms with van der Waals surface area (Å²) in [6.07, 6.45) is 0.575. The molecular weight excluding hydrogens is 180 g/mol. The van der Waals surface area contributed by atoms with Gasteiger partial charge in [0.1, 0.15) is 0 Å². The van der Waals surface area contributed by atoms with E-state index in [-0.39, 0.29) is 5.91 Å².